The molecular formula is C29H38N10O2. The monoisotopic (exact) mass is 558 g/mol. The van der Waals surface area contributed by atoms with Gasteiger partial charge in [0.2, 0.25) is 5.95 Å². The Hall–Kier alpha value is -4.06. The molecule has 1 atom stereocenters. The number of fused-ring (bicyclic) bond motifs is 1. The SMILES string of the molecule is C[C@@H](NC(=O)c1nc(C(C)(C)C)no1)C1CCN(c2nc(-c3ccc(N4CCNCC4)nc3)cc3nccn23)CC1. The zero-order valence-corrected chi connectivity index (χ0v) is 24.2. The number of nitrogens with zero attached hydrogens (tertiary/aromatic N) is 8. The lowest BCUT2D eigenvalue weighted by Gasteiger charge is -2.35. The van der Waals surface area contributed by atoms with Gasteiger partial charge in [0, 0.05) is 80.9 Å². The summed E-state index contributed by atoms with van der Waals surface area (Å²) in [6.07, 6.45) is 7.51. The van der Waals surface area contributed by atoms with Gasteiger partial charge in [0.25, 0.3) is 0 Å². The molecule has 4 aromatic rings. The maximum Gasteiger partial charge on any atom is 0.315 e. The van der Waals surface area contributed by atoms with Crippen LogP contribution in [-0.4, -0.2) is 80.7 Å². The van der Waals surface area contributed by atoms with Crippen molar-refractivity contribution in [3.05, 3.63) is 48.5 Å². The van der Waals surface area contributed by atoms with Crippen molar-refractivity contribution in [2.45, 2.75) is 52.0 Å². The summed E-state index contributed by atoms with van der Waals surface area (Å²) in [6.45, 7) is 13.5. The normalized spacial score (nSPS) is 17.7. The summed E-state index contributed by atoms with van der Waals surface area (Å²) >= 11 is 0. The first-order valence-electron chi connectivity index (χ1n) is 14.4. The molecule has 2 aliphatic rings. The predicted octanol–water partition coefficient (Wildman–Crippen LogP) is 2.92. The number of imidazole rings is 1. The van der Waals surface area contributed by atoms with E-state index < -0.39 is 0 Å². The van der Waals surface area contributed by atoms with Crippen LogP contribution in [0.3, 0.4) is 0 Å². The highest BCUT2D eigenvalue weighted by Crippen LogP contribution is 2.28. The first kappa shape index (κ1) is 27.1. The highest BCUT2D eigenvalue weighted by atomic mass is 16.5. The highest BCUT2D eigenvalue weighted by molar-refractivity contribution is 5.89. The van der Waals surface area contributed by atoms with E-state index in [2.05, 4.69) is 47.7 Å². The standard InChI is InChI=1S/C29H38N10O2/c1-19(33-25(40)26-35-27(36-41-26)29(2,3)4)20-7-12-38(13-8-20)28-34-22(17-24-31-11-16-39(24)28)21-5-6-23(32-18-21)37-14-9-30-10-15-37/h5-6,11,16-20,30H,7-10,12-15H2,1-4H3,(H,33,40)/t19-/m1/s1. The van der Waals surface area contributed by atoms with Gasteiger partial charge < -0.3 is 25.0 Å². The number of rotatable bonds is 6. The Kier molecular flexibility index (Phi) is 7.33. The Morgan fingerprint density at radius 1 is 1.07 bits per heavy atom. The van der Waals surface area contributed by atoms with Crippen LogP contribution in [-0.2, 0) is 5.41 Å². The molecule has 2 fully saturated rings. The lowest BCUT2D eigenvalue weighted by molar-refractivity contribution is 0.0877. The first-order chi connectivity index (χ1) is 19.8. The zero-order valence-electron chi connectivity index (χ0n) is 24.2. The number of carbonyl (C=O) groups excluding carboxylic acids is 1. The molecule has 0 spiro atoms. The summed E-state index contributed by atoms with van der Waals surface area (Å²) in [4.78, 5) is 36.1. The summed E-state index contributed by atoms with van der Waals surface area (Å²) in [7, 11) is 0. The molecule has 0 aliphatic carbocycles. The van der Waals surface area contributed by atoms with Crippen LogP contribution in [0, 0.1) is 5.92 Å². The minimum Gasteiger partial charge on any atom is -0.354 e. The second-order valence-corrected chi connectivity index (χ2v) is 12.0. The van der Waals surface area contributed by atoms with Gasteiger partial charge in [-0.1, -0.05) is 25.9 Å². The van der Waals surface area contributed by atoms with Crippen molar-refractivity contribution >= 4 is 23.3 Å². The van der Waals surface area contributed by atoms with Gasteiger partial charge in [-0.05, 0) is 37.8 Å². The van der Waals surface area contributed by atoms with Crippen molar-refractivity contribution in [2.75, 3.05) is 49.1 Å². The van der Waals surface area contributed by atoms with Crippen LogP contribution < -0.4 is 20.4 Å². The fourth-order valence-electron chi connectivity index (χ4n) is 5.50. The fourth-order valence-corrected chi connectivity index (χ4v) is 5.50. The van der Waals surface area contributed by atoms with Crippen molar-refractivity contribution in [3.8, 4) is 11.3 Å². The van der Waals surface area contributed by atoms with Crippen molar-refractivity contribution in [1.82, 2.24) is 40.1 Å². The number of hydrogen-bond donors (Lipinski definition) is 2. The molecule has 6 heterocycles. The highest BCUT2D eigenvalue weighted by Gasteiger charge is 2.29. The lowest BCUT2D eigenvalue weighted by atomic mass is 9.90. The summed E-state index contributed by atoms with van der Waals surface area (Å²) < 4.78 is 7.27. The molecule has 0 radical (unpaired) electrons. The Morgan fingerprint density at radius 3 is 2.54 bits per heavy atom. The van der Waals surface area contributed by atoms with Crippen molar-refractivity contribution in [1.29, 1.82) is 0 Å². The van der Waals surface area contributed by atoms with Gasteiger partial charge in [-0.3, -0.25) is 9.20 Å². The zero-order chi connectivity index (χ0) is 28.6. The number of piperidine rings is 1. The van der Waals surface area contributed by atoms with E-state index in [0.29, 0.717) is 11.7 Å². The van der Waals surface area contributed by atoms with Crippen LogP contribution in [0.5, 0.6) is 0 Å². The van der Waals surface area contributed by atoms with Gasteiger partial charge in [0.05, 0.1) is 5.69 Å². The summed E-state index contributed by atoms with van der Waals surface area (Å²) in [5, 5.41) is 10.4. The van der Waals surface area contributed by atoms with E-state index in [9.17, 15) is 4.79 Å². The second kappa shape index (κ2) is 11.1. The molecule has 41 heavy (non-hydrogen) atoms. The third kappa shape index (κ3) is 5.74. The summed E-state index contributed by atoms with van der Waals surface area (Å²) in [6, 6.07) is 6.16. The molecule has 216 valence electrons. The van der Waals surface area contributed by atoms with Gasteiger partial charge in [0.15, 0.2) is 5.82 Å². The average Bonchev–Trinajstić information content (AvgIpc) is 3.68. The molecule has 0 bridgehead atoms. The minimum atomic E-state index is -0.325. The van der Waals surface area contributed by atoms with Crippen molar-refractivity contribution in [2.24, 2.45) is 5.92 Å². The first-order valence-corrected chi connectivity index (χ1v) is 14.4. The molecular weight excluding hydrogens is 520 g/mol. The third-order valence-corrected chi connectivity index (χ3v) is 8.04. The number of hydrogen-bond acceptors (Lipinski definition) is 10. The number of amides is 1. The van der Waals surface area contributed by atoms with Crippen LogP contribution >= 0.6 is 0 Å². The van der Waals surface area contributed by atoms with E-state index in [1.165, 1.54) is 0 Å². The van der Waals surface area contributed by atoms with Crippen LogP contribution in [0.4, 0.5) is 11.8 Å². The van der Waals surface area contributed by atoms with Crippen LogP contribution in [0.1, 0.15) is 57.0 Å². The molecule has 2 N–H and O–H groups in total. The molecule has 12 heteroatoms. The second-order valence-electron chi connectivity index (χ2n) is 12.0. The van der Waals surface area contributed by atoms with Crippen LogP contribution in [0.25, 0.3) is 16.9 Å². The van der Waals surface area contributed by atoms with E-state index in [1.807, 2.05) is 56.8 Å². The topological polar surface area (TPSA) is 130 Å². The predicted molar refractivity (Wildman–Crippen MR) is 156 cm³/mol. The summed E-state index contributed by atoms with van der Waals surface area (Å²) in [5.41, 5.74) is 2.40. The molecule has 4 aromatic heterocycles. The molecule has 12 nitrogen and oxygen atoms in total. The van der Waals surface area contributed by atoms with Crippen LogP contribution in [0.2, 0.25) is 0 Å². The Balaban J connectivity index is 1.13. The smallest absolute Gasteiger partial charge is 0.315 e. The third-order valence-electron chi connectivity index (χ3n) is 8.04. The number of carbonyl (C=O) groups is 1. The van der Waals surface area contributed by atoms with E-state index in [0.717, 1.165) is 80.8 Å². The number of nitrogens with one attached hydrogen (secondary N) is 2. The molecule has 0 aromatic carbocycles. The Bertz CT molecular complexity index is 1490. The number of aromatic nitrogens is 6. The van der Waals surface area contributed by atoms with E-state index in [-0.39, 0.29) is 23.3 Å². The van der Waals surface area contributed by atoms with E-state index in [4.69, 9.17) is 14.5 Å². The van der Waals surface area contributed by atoms with Crippen LogP contribution in [0.15, 0.2) is 41.3 Å². The number of anilines is 2. The van der Waals surface area contributed by atoms with Gasteiger partial charge in [-0.25, -0.2) is 15.0 Å². The van der Waals surface area contributed by atoms with E-state index >= 15 is 0 Å². The summed E-state index contributed by atoms with van der Waals surface area (Å²) in [5.74, 6) is 2.40. The van der Waals surface area contributed by atoms with Gasteiger partial charge in [-0.2, -0.15) is 4.98 Å². The Morgan fingerprint density at radius 2 is 1.85 bits per heavy atom. The van der Waals surface area contributed by atoms with Gasteiger partial charge in [-0.15, -0.1) is 0 Å². The number of piperazine rings is 1. The molecule has 2 aliphatic heterocycles. The van der Waals surface area contributed by atoms with Gasteiger partial charge in [0.1, 0.15) is 11.5 Å². The largest absolute Gasteiger partial charge is 0.354 e. The maximum atomic E-state index is 12.8. The molecule has 6 rings (SSSR count). The molecule has 0 saturated carbocycles. The van der Waals surface area contributed by atoms with Crippen molar-refractivity contribution in [3.63, 3.8) is 0 Å². The molecule has 0 unspecified atom stereocenters. The average molecular weight is 559 g/mol. The molecule has 1 amide bonds. The van der Waals surface area contributed by atoms with E-state index in [1.54, 1.807) is 0 Å². The van der Waals surface area contributed by atoms with Crippen molar-refractivity contribution < 1.29 is 9.32 Å². The lowest BCUT2D eigenvalue weighted by Crippen LogP contribution is -2.44. The van der Waals surface area contributed by atoms with Gasteiger partial charge >= 0.3 is 11.8 Å². The minimum absolute atomic E-state index is 0.0122. The number of pyridine rings is 1. The fraction of sp³-hybridized carbons (Fsp3) is 0.517. The molecule has 2 saturated heterocycles. The maximum absolute atomic E-state index is 12.8. The Labute approximate surface area is 239 Å². The quantitative estimate of drug-likeness (QED) is 0.364.